The van der Waals surface area contributed by atoms with E-state index in [2.05, 4.69) is 9.05 Å². The number of carbonyl (C=O) groups is 2. The maximum atomic E-state index is 10.4. The first-order valence-corrected chi connectivity index (χ1v) is 3.67. The Kier molecular flexibility index (Phi) is 1.97. The maximum Gasteiger partial charge on any atom is 0.811 e. The van der Waals surface area contributed by atoms with Gasteiger partial charge in [0.1, 0.15) is 0 Å². The summed E-state index contributed by atoms with van der Waals surface area (Å²) in [5.41, 5.74) is 0. The van der Waals surface area contributed by atoms with Crippen molar-refractivity contribution < 1.29 is 23.2 Å². The first-order valence-electron chi connectivity index (χ1n) is 2.57. The molecule has 6 heteroatoms. The lowest BCUT2D eigenvalue weighted by atomic mass is 10.3. The minimum Gasteiger partial charge on any atom is -0.247 e. The minimum absolute atomic E-state index is 0.0556. The molecule has 1 fully saturated rings. The lowest BCUT2D eigenvalue weighted by Crippen LogP contribution is -1.97. The average molecular weight is 163 g/mol. The van der Waals surface area contributed by atoms with E-state index in [0.29, 0.717) is 0 Å². The fourth-order valence-electron chi connectivity index (χ4n) is 0.480. The fourth-order valence-corrected chi connectivity index (χ4v) is 1.03. The van der Waals surface area contributed by atoms with E-state index in [1.807, 2.05) is 0 Å². The van der Waals surface area contributed by atoms with Crippen molar-refractivity contribution in [2.24, 2.45) is 0 Å². The van der Waals surface area contributed by atoms with Gasteiger partial charge in [-0.25, -0.2) is 9.59 Å². The van der Waals surface area contributed by atoms with E-state index in [0.717, 1.165) is 0 Å². The van der Waals surface area contributed by atoms with E-state index in [1.54, 1.807) is 0 Å². The van der Waals surface area contributed by atoms with E-state index in [9.17, 15) is 14.2 Å². The quantitative estimate of drug-likeness (QED) is 0.487. The first-order chi connectivity index (χ1) is 4.68. The van der Waals surface area contributed by atoms with Crippen LogP contribution in [-0.4, -0.2) is 11.9 Å². The summed E-state index contributed by atoms with van der Waals surface area (Å²) in [6, 6.07) is 0. The van der Waals surface area contributed by atoms with Crippen LogP contribution in [0.2, 0.25) is 0 Å². The van der Waals surface area contributed by atoms with Gasteiger partial charge in [0.2, 0.25) is 0 Å². The van der Waals surface area contributed by atoms with Crippen molar-refractivity contribution in [1.29, 1.82) is 0 Å². The minimum atomic E-state index is -2.55. The topological polar surface area (TPSA) is 69.7 Å². The van der Waals surface area contributed by atoms with Gasteiger partial charge in [-0.1, -0.05) is 0 Å². The van der Waals surface area contributed by atoms with Gasteiger partial charge in [0, 0.05) is 4.57 Å². The third kappa shape index (κ3) is 1.77. The second kappa shape index (κ2) is 2.75. The lowest BCUT2D eigenvalue weighted by Gasteiger charge is -1.78. The normalized spacial score (nSPS) is 19.4. The smallest absolute Gasteiger partial charge is 0.247 e. The van der Waals surface area contributed by atoms with E-state index in [4.69, 9.17) is 0 Å². The largest absolute Gasteiger partial charge is 0.811 e. The molecule has 1 aliphatic rings. The Hall–Kier alpha value is -0.960. The molecule has 1 saturated heterocycles. The second-order valence-corrected chi connectivity index (χ2v) is 2.46. The lowest BCUT2D eigenvalue weighted by molar-refractivity contribution is -0.135. The third-order valence-electron chi connectivity index (χ3n) is 0.886. The predicted molar refractivity (Wildman–Crippen MR) is 29.0 cm³/mol. The van der Waals surface area contributed by atoms with Crippen LogP contribution in [0.1, 0.15) is 12.8 Å². The molecule has 0 spiro atoms. The standard InChI is InChI=1S/C4H4O5P/c5-3-1-2-4(6)9-10(7)8-3/h1-2H2/q+1. The van der Waals surface area contributed by atoms with Gasteiger partial charge in [0.25, 0.3) is 0 Å². The van der Waals surface area contributed by atoms with Crippen LogP contribution in [0.4, 0.5) is 0 Å². The van der Waals surface area contributed by atoms with Crippen LogP contribution < -0.4 is 0 Å². The zero-order chi connectivity index (χ0) is 7.56. The van der Waals surface area contributed by atoms with E-state index >= 15 is 0 Å². The molecular formula is C4H4O5P+. The summed E-state index contributed by atoms with van der Waals surface area (Å²) < 4.78 is 18.6. The van der Waals surface area contributed by atoms with Crippen LogP contribution in [0.5, 0.6) is 0 Å². The van der Waals surface area contributed by atoms with Crippen LogP contribution in [0.25, 0.3) is 0 Å². The zero-order valence-electron chi connectivity index (χ0n) is 4.90. The highest BCUT2D eigenvalue weighted by Gasteiger charge is 2.35. The monoisotopic (exact) mass is 163 g/mol. The Morgan fingerprint density at radius 3 is 1.90 bits per heavy atom. The van der Waals surface area contributed by atoms with Gasteiger partial charge >= 0.3 is 20.2 Å². The van der Waals surface area contributed by atoms with Crippen molar-refractivity contribution in [2.45, 2.75) is 12.8 Å². The van der Waals surface area contributed by atoms with Gasteiger partial charge < -0.3 is 0 Å². The summed E-state index contributed by atoms with van der Waals surface area (Å²) in [4.78, 5) is 20.8. The van der Waals surface area contributed by atoms with Crippen molar-refractivity contribution in [3.63, 3.8) is 0 Å². The molecule has 5 nitrogen and oxygen atoms in total. The summed E-state index contributed by atoms with van der Waals surface area (Å²) in [7, 11) is -2.55. The summed E-state index contributed by atoms with van der Waals surface area (Å²) in [6.07, 6.45) is -0.111. The summed E-state index contributed by atoms with van der Waals surface area (Å²) in [5, 5.41) is 0. The molecule has 0 aromatic rings. The van der Waals surface area contributed by atoms with Crippen molar-refractivity contribution in [1.82, 2.24) is 0 Å². The molecule has 0 radical (unpaired) electrons. The summed E-state index contributed by atoms with van der Waals surface area (Å²) in [5.74, 6) is -1.32. The molecule has 0 N–H and O–H groups in total. The van der Waals surface area contributed by atoms with Crippen LogP contribution in [0, 0.1) is 0 Å². The molecule has 0 aliphatic carbocycles. The third-order valence-corrected chi connectivity index (χ3v) is 1.59. The van der Waals surface area contributed by atoms with Gasteiger partial charge in [-0.2, -0.15) is 9.05 Å². The molecule has 0 unspecified atom stereocenters. The van der Waals surface area contributed by atoms with Crippen molar-refractivity contribution >= 4 is 20.2 Å². The van der Waals surface area contributed by atoms with Crippen LogP contribution in [0.15, 0.2) is 0 Å². The summed E-state index contributed by atoms with van der Waals surface area (Å²) in [6.45, 7) is 0. The van der Waals surface area contributed by atoms with Gasteiger partial charge in [-0.15, -0.1) is 0 Å². The molecule has 0 aromatic heterocycles. The molecule has 54 valence electrons. The summed E-state index contributed by atoms with van der Waals surface area (Å²) >= 11 is 0. The van der Waals surface area contributed by atoms with E-state index in [-0.39, 0.29) is 12.8 Å². The van der Waals surface area contributed by atoms with E-state index < -0.39 is 20.2 Å². The Bertz CT molecular complexity index is 178. The molecule has 0 saturated carbocycles. The Balaban J connectivity index is 2.63. The molecule has 0 amide bonds. The zero-order valence-corrected chi connectivity index (χ0v) is 5.80. The van der Waals surface area contributed by atoms with Crippen LogP contribution in [-0.2, 0) is 23.2 Å². The molecule has 0 aromatic carbocycles. The van der Waals surface area contributed by atoms with Crippen molar-refractivity contribution in [3.8, 4) is 0 Å². The maximum absolute atomic E-state index is 10.4. The highest BCUT2D eigenvalue weighted by Crippen LogP contribution is 2.28. The predicted octanol–water partition coefficient (Wildman–Crippen LogP) is 0.524. The van der Waals surface area contributed by atoms with E-state index in [1.165, 1.54) is 0 Å². The molecule has 1 heterocycles. The number of hydrogen-bond donors (Lipinski definition) is 0. The molecular weight excluding hydrogens is 159 g/mol. The van der Waals surface area contributed by atoms with Crippen molar-refractivity contribution in [2.75, 3.05) is 0 Å². The van der Waals surface area contributed by atoms with Gasteiger partial charge in [-0.3, -0.25) is 0 Å². The fraction of sp³-hybridized carbons (Fsp3) is 0.500. The molecule has 0 atom stereocenters. The first kappa shape index (κ1) is 7.15. The SMILES string of the molecule is O=C1CCC(=O)O[P+](=O)O1. The molecule has 1 rings (SSSR count). The van der Waals surface area contributed by atoms with Gasteiger partial charge in [-0.05, 0) is 0 Å². The highest BCUT2D eigenvalue weighted by molar-refractivity contribution is 7.34. The molecule has 0 bridgehead atoms. The van der Waals surface area contributed by atoms with Gasteiger partial charge in [0.05, 0.1) is 12.8 Å². The van der Waals surface area contributed by atoms with Crippen LogP contribution >= 0.6 is 8.25 Å². The Labute approximate surface area is 57.3 Å². The highest BCUT2D eigenvalue weighted by atomic mass is 31.1. The second-order valence-electron chi connectivity index (χ2n) is 1.65. The average Bonchev–Trinajstić information content (AvgIpc) is 1.93. The number of carbonyl (C=O) groups excluding carboxylic acids is 2. The molecule has 10 heavy (non-hydrogen) atoms. The Morgan fingerprint density at radius 2 is 1.50 bits per heavy atom. The number of hydrogen-bond acceptors (Lipinski definition) is 5. The van der Waals surface area contributed by atoms with Gasteiger partial charge in [0.15, 0.2) is 0 Å². The Morgan fingerprint density at radius 1 is 1.10 bits per heavy atom. The number of rotatable bonds is 0. The molecule has 1 aliphatic heterocycles. The van der Waals surface area contributed by atoms with Crippen molar-refractivity contribution in [3.05, 3.63) is 0 Å². The van der Waals surface area contributed by atoms with Crippen LogP contribution in [0.3, 0.4) is 0 Å².